The number of anilines is 1. The van der Waals surface area contributed by atoms with Crippen LogP contribution < -0.4 is 4.90 Å². The van der Waals surface area contributed by atoms with Crippen molar-refractivity contribution in [1.82, 2.24) is 15.1 Å². The lowest BCUT2D eigenvalue weighted by atomic mass is 9.89. The van der Waals surface area contributed by atoms with Crippen LogP contribution in [0.1, 0.15) is 55.0 Å². The average molecular weight is 354 g/mol. The van der Waals surface area contributed by atoms with Gasteiger partial charge in [0, 0.05) is 38.7 Å². The molecule has 0 bridgehead atoms. The summed E-state index contributed by atoms with van der Waals surface area (Å²) < 4.78 is 5.70. The molecule has 26 heavy (non-hydrogen) atoms. The molecule has 138 valence electrons. The highest BCUT2D eigenvalue weighted by Crippen LogP contribution is 2.33. The number of amides is 1. The van der Waals surface area contributed by atoms with Crippen LogP contribution in [0.4, 0.5) is 5.69 Å². The molecule has 2 aromatic rings. The van der Waals surface area contributed by atoms with Gasteiger partial charge >= 0.3 is 0 Å². The Labute approximate surface area is 154 Å². The van der Waals surface area contributed by atoms with Crippen LogP contribution >= 0.6 is 0 Å². The molecule has 0 N–H and O–H groups in total. The van der Waals surface area contributed by atoms with Crippen LogP contribution in [0.15, 0.2) is 22.6 Å². The largest absolute Gasteiger partial charge is 0.425 e. The number of likely N-dealkylation sites (tertiary alicyclic amines) is 1. The Bertz CT molecular complexity index is 816. The molecule has 1 aromatic heterocycles. The zero-order valence-electron chi connectivity index (χ0n) is 15.7. The van der Waals surface area contributed by atoms with Crippen LogP contribution in [0.5, 0.6) is 0 Å². The zero-order valence-corrected chi connectivity index (χ0v) is 15.7. The molecule has 4 rings (SSSR count). The maximum absolute atomic E-state index is 11.9. The molecule has 1 fully saturated rings. The fraction of sp³-hybridized carbons (Fsp3) is 0.550. The highest BCUT2D eigenvalue weighted by atomic mass is 16.4. The van der Waals surface area contributed by atoms with E-state index in [0.717, 1.165) is 43.9 Å². The number of fused-ring (bicyclic) bond motifs is 1. The summed E-state index contributed by atoms with van der Waals surface area (Å²) in [4.78, 5) is 16.2. The molecule has 0 radical (unpaired) electrons. The highest BCUT2D eigenvalue weighted by Gasteiger charge is 2.32. The van der Waals surface area contributed by atoms with Gasteiger partial charge in [-0.15, -0.1) is 10.2 Å². The van der Waals surface area contributed by atoms with E-state index in [1.54, 1.807) is 4.90 Å². The molecule has 3 heterocycles. The minimum absolute atomic E-state index is 0.201. The van der Waals surface area contributed by atoms with Gasteiger partial charge in [0.2, 0.25) is 17.7 Å². The third-order valence-electron chi connectivity index (χ3n) is 5.85. The van der Waals surface area contributed by atoms with E-state index in [9.17, 15) is 4.79 Å². The van der Waals surface area contributed by atoms with E-state index < -0.39 is 0 Å². The van der Waals surface area contributed by atoms with Crippen molar-refractivity contribution < 1.29 is 9.21 Å². The number of hydrogen-bond donors (Lipinski definition) is 0. The molecule has 6 heteroatoms. The molecule has 6 nitrogen and oxygen atoms in total. The number of aromatic nitrogens is 2. The first-order valence-corrected chi connectivity index (χ1v) is 9.45. The predicted molar refractivity (Wildman–Crippen MR) is 99.1 cm³/mol. The van der Waals surface area contributed by atoms with Gasteiger partial charge in [-0.3, -0.25) is 9.69 Å². The summed E-state index contributed by atoms with van der Waals surface area (Å²) in [5, 5.41) is 8.25. The van der Waals surface area contributed by atoms with Crippen molar-refractivity contribution in [3.63, 3.8) is 0 Å². The van der Waals surface area contributed by atoms with Gasteiger partial charge in [-0.2, -0.15) is 0 Å². The zero-order chi connectivity index (χ0) is 18.3. The minimum atomic E-state index is 0.201. The fourth-order valence-corrected chi connectivity index (χ4v) is 4.27. The van der Waals surface area contributed by atoms with Crippen molar-refractivity contribution in [3.8, 4) is 0 Å². The van der Waals surface area contributed by atoms with Gasteiger partial charge in [0.15, 0.2) is 0 Å². The van der Waals surface area contributed by atoms with Gasteiger partial charge in [-0.1, -0.05) is 12.1 Å². The van der Waals surface area contributed by atoms with Crippen LogP contribution in [0.3, 0.4) is 0 Å². The van der Waals surface area contributed by atoms with E-state index in [-0.39, 0.29) is 5.91 Å². The topological polar surface area (TPSA) is 62.5 Å². The van der Waals surface area contributed by atoms with E-state index in [2.05, 4.69) is 40.2 Å². The summed E-state index contributed by atoms with van der Waals surface area (Å²) in [7, 11) is 1.86. The van der Waals surface area contributed by atoms with Crippen molar-refractivity contribution in [1.29, 1.82) is 0 Å². The smallest absolute Gasteiger partial charge is 0.227 e. The van der Waals surface area contributed by atoms with Crippen molar-refractivity contribution in [2.75, 3.05) is 18.5 Å². The van der Waals surface area contributed by atoms with Gasteiger partial charge in [0.25, 0.3) is 0 Å². The summed E-state index contributed by atoms with van der Waals surface area (Å²) in [6.45, 7) is 6.10. The number of carbonyl (C=O) groups excluding carboxylic acids is 1. The summed E-state index contributed by atoms with van der Waals surface area (Å²) in [6, 6.07) is 6.88. The molecule has 2 atom stereocenters. The second-order valence-electron chi connectivity index (χ2n) is 7.53. The minimum Gasteiger partial charge on any atom is -0.425 e. The van der Waals surface area contributed by atoms with Crippen molar-refractivity contribution in [3.05, 3.63) is 41.1 Å². The molecule has 0 unspecified atom stereocenters. The third kappa shape index (κ3) is 3.14. The first-order valence-electron chi connectivity index (χ1n) is 9.45. The fourth-order valence-electron chi connectivity index (χ4n) is 4.27. The lowest BCUT2D eigenvalue weighted by molar-refractivity contribution is -0.118. The molecule has 2 aliphatic heterocycles. The first kappa shape index (κ1) is 17.2. The van der Waals surface area contributed by atoms with Crippen LogP contribution in [0, 0.1) is 6.92 Å². The SMILES string of the molecule is Cc1nnc([C@H]2CCCN(Cc3ccc4c(c3)CCC(=O)N4C)[C@H]2C)o1. The molecule has 0 spiro atoms. The number of rotatable bonds is 3. The Morgan fingerprint density at radius 1 is 1.27 bits per heavy atom. The molecule has 1 amide bonds. The Morgan fingerprint density at radius 2 is 2.12 bits per heavy atom. The number of aryl methyl sites for hydroxylation is 2. The van der Waals surface area contributed by atoms with E-state index in [1.165, 1.54) is 11.1 Å². The Morgan fingerprint density at radius 3 is 2.88 bits per heavy atom. The maximum atomic E-state index is 11.9. The van der Waals surface area contributed by atoms with Gasteiger partial charge in [-0.25, -0.2) is 0 Å². The van der Waals surface area contributed by atoms with Crippen molar-refractivity contribution in [2.24, 2.45) is 0 Å². The standard InChI is InChI=1S/C20H26N4O2/c1-13-17(20-22-21-14(2)26-20)5-4-10-24(13)12-15-6-8-18-16(11-15)7-9-19(25)23(18)3/h6,8,11,13,17H,4-5,7,9-10,12H2,1-3H3/t13-,17-/m0/s1. The normalized spacial score (nSPS) is 24.0. The molecule has 2 aliphatic rings. The average Bonchev–Trinajstić information content (AvgIpc) is 3.06. The molecular weight excluding hydrogens is 328 g/mol. The number of piperidine rings is 1. The summed E-state index contributed by atoms with van der Waals surface area (Å²) in [5.41, 5.74) is 3.63. The number of nitrogens with zero attached hydrogens (tertiary/aromatic N) is 4. The molecule has 0 aliphatic carbocycles. The van der Waals surface area contributed by atoms with Crippen LogP contribution in [0.25, 0.3) is 0 Å². The summed E-state index contributed by atoms with van der Waals surface area (Å²) >= 11 is 0. The second-order valence-corrected chi connectivity index (χ2v) is 7.53. The quantitative estimate of drug-likeness (QED) is 0.848. The third-order valence-corrected chi connectivity index (χ3v) is 5.85. The first-order chi connectivity index (χ1) is 12.5. The van der Waals surface area contributed by atoms with Gasteiger partial charge in [-0.05, 0) is 49.9 Å². The number of hydrogen-bond acceptors (Lipinski definition) is 5. The molecular formula is C20H26N4O2. The number of carbonyl (C=O) groups is 1. The van der Waals surface area contributed by atoms with Crippen molar-refractivity contribution >= 4 is 11.6 Å². The Balaban J connectivity index is 1.51. The van der Waals surface area contributed by atoms with Gasteiger partial charge < -0.3 is 9.32 Å². The highest BCUT2D eigenvalue weighted by molar-refractivity contribution is 5.95. The molecule has 0 saturated carbocycles. The van der Waals surface area contributed by atoms with Crippen molar-refractivity contribution in [2.45, 2.75) is 58.0 Å². The molecule has 1 saturated heterocycles. The Hall–Kier alpha value is -2.21. The Kier molecular flexibility index (Phi) is 4.53. The van der Waals surface area contributed by atoms with E-state index in [1.807, 2.05) is 14.0 Å². The lowest BCUT2D eigenvalue weighted by Gasteiger charge is -2.38. The summed E-state index contributed by atoms with van der Waals surface area (Å²) in [5.74, 6) is 1.90. The van der Waals surface area contributed by atoms with Crippen LogP contribution in [0.2, 0.25) is 0 Å². The lowest BCUT2D eigenvalue weighted by Crippen LogP contribution is -2.41. The molecule has 1 aromatic carbocycles. The number of benzene rings is 1. The second kappa shape index (κ2) is 6.83. The van der Waals surface area contributed by atoms with E-state index in [0.29, 0.717) is 24.3 Å². The summed E-state index contributed by atoms with van der Waals surface area (Å²) in [6.07, 6.45) is 3.67. The predicted octanol–water partition coefficient (Wildman–Crippen LogP) is 3.06. The van der Waals surface area contributed by atoms with Crippen LogP contribution in [-0.4, -0.2) is 40.6 Å². The maximum Gasteiger partial charge on any atom is 0.227 e. The monoisotopic (exact) mass is 354 g/mol. The van der Waals surface area contributed by atoms with Crippen LogP contribution in [-0.2, 0) is 17.8 Å². The van der Waals surface area contributed by atoms with Gasteiger partial charge in [0.05, 0.1) is 5.92 Å². The van der Waals surface area contributed by atoms with E-state index in [4.69, 9.17) is 4.42 Å². The van der Waals surface area contributed by atoms with E-state index >= 15 is 0 Å². The van der Waals surface area contributed by atoms with Gasteiger partial charge in [0.1, 0.15) is 0 Å².